The molecule has 1 unspecified atom stereocenters. The van der Waals surface area contributed by atoms with E-state index in [1.165, 1.54) is 10.9 Å². The van der Waals surface area contributed by atoms with Crippen LogP contribution >= 0.6 is 23.2 Å². The van der Waals surface area contributed by atoms with E-state index in [-0.39, 0.29) is 21.7 Å². The van der Waals surface area contributed by atoms with Gasteiger partial charge in [-0.25, -0.2) is 4.98 Å². The van der Waals surface area contributed by atoms with Gasteiger partial charge in [-0.1, -0.05) is 41.4 Å². The Labute approximate surface area is 119 Å². The molecule has 0 aliphatic carbocycles. The molecule has 1 aliphatic rings. The molecule has 4 nitrogen and oxygen atoms in total. The van der Waals surface area contributed by atoms with E-state index >= 15 is 0 Å². The predicted octanol–water partition coefficient (Wildman–Crippen LogP) is 2.73. The van der Waals surface area contributed by atoms with Crippen molar-refractivity contribution < 1.29 is 4.74 Å². The Bertz CT molecular complexity index is 685. The minimum atomic E-state index is -0.328. The van der Waals surface area contributed by atoms with Crippen molar-refractivity contribution >= 4 is 23.2 Å². The molecule has 0 saturated carbocycles. The van der Waals surface area contributed by atoms with Crippen LogP contribution < -0.4 is 10.3 Å². The molecular weight excluding hydrogens is 287 g/mol. The van der Waals surface area contributed by atoms with Crippen LogP contribution in [0.3, 0.4) is 0 Å². The van der Waals surface area contributed by atoms with Crippen LogP contribution in [0.5, 0.6) is 5.75 Å². The maximum atomic E-state index is 12.0. The molecule has 0 spiro atoms. The number of fused-ring (bicyclic) bond motifs is 1. The second kappa shape index (κ2) is 4.87. The van der Waals surface area contributed by atoms with Crippen LogP contribution in [0.15, 0.2) is 35.4 Å². The number of halogens is 2. The van der Waals surface area contributed by atoms with Crippen LogP contribution in [0.2, 0.25) is 10.2 Å². The molecule has 0 radical (unpaired) electrons. The van der Waals surface area contributed by atoms with Crippen LogP contribution in [0.1, 0.15) is 11.5 Å². The largest absolute Gasteiger partial charge is 0.493 e. The van der Waals surface area contributed by atoms with Crippen LogP contribution in [0.4, 0.5) is 0 Å². The van der Waals surface area contributed by atoms with Crippen LogP contribution in [0.25, 0.3) is 0 Å². The van der Waals surface area contributed by atoms with Gasteiger partial charge in [0.25, 0.3) is 5.56 Å². The number of nitrogens with zero attached hydrogens (tertiary/aromatic N) is 2. The predicted molar refractivity (Wildman–Crippen MR) is 73.2 cm³/mol. The van der Waals surface area contributed by atoms with Gasteiger partial charge < -0.3 is 4.74 Å². The van der Waals surface area contributed by atoms with Crippen LogP contribution in [-0.4, -0.2) is 16.2 Å². The van der Waals surface area contributed by atoms with Gasteiger partial charge in [-0.15, -0.1) is 0 Å². The number of para-hydroxylation sites is 1. The van der Waals surface area contributed by atoms with Crippen molar-refractivity contribution in [2.24, 2.45) is 0 Å². The first-order valence-corrected chi connectivity index (χ1v) is 6.54. The van der Waals surface area contributed by atoms with Crippen molar-refractivity contribution in [2.75, 3.05) is 6.61 Å². The minimum Gasteiger partial charge on any atom is -0.493 e. The Morgan fingerprint density at radius 1 is 1.37 bits per heavy atom. The molecule has 0 bridgehead atoms. The maximum absolute atomic E-state index is 12.0. The fourth-order valence-electron chi connectivity index (χ4n) is 2.19. The molecule has 1 aromatic carbocycles. The summed E-state index contributed by atoms with van der Waals surface area (Å²) in [6.45, 7) is 1.02. The smallest absolute Gasteiger partial charge is 0.273 e. The monoisotopic (exact) mass is 296 g/mol. The molecule has 98 valence electrons. The molecule has 1 atom stereocenters. The maximum Gasteiger partial charge on any atom is 0.273 e. The Morgan fingerprint density at radius 3 is 3.00 bits per heavy atom. The van der Waals surface area contributed by atoms with Gasteiger partial charge in [-0.05, 0) is 6.07 Å². The molecule has 2 heterocycles. The lowest BCUT2D eigenvalue weighted by Gasteiger charge is -2.11. The molecule has 0 amide bonds. The molecule has 3 rings (SSSR count). The molecule has 19 heavy (non-hydrogen) atoms. The number of hydrogen-bond acceptors (Lipinski definition) is 3. The zero-order valence-corrected chi connectivity index (χ0v) is 11.4. The normalized spacial score (nSPS) is 17.1. The first-order chi connectivity index (χ1) is 9.16. The Hall–Kier alpha value is -1.52. The molecule has 0 saturated heterocycles. The van der Waals surface area contributed by atoms with Crippen molar-refractivity contribution in [1.82, 2.24) is 9.55 Å². The van der Waals surface area contributed by atoms with Gasteiger partial charge in [0.05, 0.1) is 12.9 Å². The number of rotatable bonds is 2. The highest BCUT2D eigenvalue weighted by Gasteiger charge is 2.24. The summed E-state index contributed by atoms with van der Waals surface area (Å²) in [4.78, 5) is 15.8. The lowest BCUT2D eigenvalue weighted by Crippen LogP contribution is -2.24. The first kappa shape index (κ1) is 12.5. The lowest BCUT2D eigenvalue weighted by atomic mass is 10.0. The van der Waals surface area contributed by atoms with Crippen molar-refractivity contribution in [3.8, 4) is 5.75 Å². The highest BCUT2D eigenvalue weighted by molar-refractivity contribution is 6.40. The summed E-state index contributed by atoms with van der Waals surface area (Å²) in [5, 5.41) is -0.0117. The summed E-state index contributed by atoms with van der Waals surface area (Å²) in [6.07, 6.45) is 1.41. The van der Waals surface area contributed by atoms with E-state index in [1.54, 1.807) is 0 Å². The van der Waals surface area contributed by atoms with Gasteiger partial charge in [-0.3, -0.25) is 9.36 Å². The van der Waals surface area contributed by atoms with E-state index in [1.807, 2.05) is 24.3 Å². The van der Waals surface area contributed by atoms with E-state index < -0.39 is 0 Å². The number of hydrogen-bond donors (Lipinski definition) is 0. The quantitative estimate of drug-likeness (QED) is 0.801. The zero-order valence-electron chi connectivity index (χ0n) is 9.85. The molecule has 1 aromatic heterocycles. The van der Waals surface area contributed by atoms with Gasteiger partial charge in [0.1, 0.15) is 10.8 Å². The Morgan fingerprint density at radius 2 is 2.16 bits per heavy atom. The highest BCUT2D eigenvalue weighted by Crippen LogP contribution is 2.34. The van der Waals surface area contributed by atoms with Gasteiger partial charge in [0.15, 0.2) is 5.15 Å². The topological polar surface area (TPSA) is 44.1 Å². The third-order valence-corrected chi connectivity index (χ3v) is 3.88. The van der Waals surface area contributed by atoms with E-state index in [0.29, 0.717) is 13.2 Å². The molecule has 1 aliphatic heterocycles. The van der Waals surface area contributed by atoms with Gasteiger partial charge in [-0.2, -0.15) is 0 Å². The zero-order chi connectivity index (χ0) is 13.4. The fourth-order valence-corrected chi connectivity index (χ4v) is 2.47. The third-order valence-electron chi connectivity index (χ3n) is 3.16. The standard InChI is InChI=1S/C13H10Cl2N2O2/c14-11-12(15)16-7-17(13(11)18)5-8-6-19-10-4-2-1-3-9(8)10/h1-4,7-8H,5-6H2. The molecule has 6 heteroatoms. The van der Waals surface area contributed by atoms with E-state index in [9.17, 15) is 4.79 Å². The summed E-state index contributed by atoms with van der Waals surface area (Å²) >= 11 is 11.5. The highest BCUT2D eigenvalue weighted by atomic mass is 35.5. The second-order valence-corrected chi connectivity index (χ2v) is 5.09. The van der Waals surface area contributed by atoms with Crippen molar-refractivity contribution in [3.63, 3.8) is 0 Å². The van der Waals surface area contributed by atoms with Crippen molar-refractivity contribution in [1.29, 1.82) is 0 Å². The minimum absolute atomic E-state index is 0.0333. The van der Waals surface area contributed by atoms with E-state index in [0.717, 1.165) is 11.3 Å². The van der Waals surface area contributed by atoms with Gasteiger partial charge in [0, 0.05) is 18.0 Å². The number of aromatic nitrogens is 2. The summed E-state index contributed by atoms with van der Waals surface area (Å²) in [6, 6.07) is 7.80. The average Bonchev–Trinajstić information content (AvgIpc) is 2.83. The van der Waals surface area contributed by atoms with E-state index in [4.69, 9.17) is 27.9 Å². The van der Waals surface area contributed by atoms with Crippen LogP contribution in [-0.2, 0) is 6.54 Å². The van der Waals surface area contributed by atoms with Gasteiger partial charge >= 0.3 is 0 Å². The average molecular weight is 297 g/mol. The van der Waals surface area contributed by atoms with E-state index in [2.05, 4.69) is 4.98 Å². The summed E-state index contributed by atoms with van der Waals surface area (Å²) in [5.41, 5.74) is 0.770. The molecule has 2 aromatic rings. The number of benzene rings is 1. The molecular formula is C13H10Cl2N2O2. The molecule has 0 fully saturated rings. The Balaban J connectivity index is 1.92. The van der Waals surface area contributed by atoms with Crippen LogP contribution in [0, 0.1) is 0 Å². The summed E-state index contributed by atoms with van der Waals surface area (Å²) < 4.78 is 7.04. The SMILES string of the molecule is O=c1c(Cl)c(Cl)ncn1CC1COc2ccccc21. The summed E-state index contributed by atoms with van der Waals surface area (Å²) in [7, 11) is 0. The fraction of sp³-hybridized carbons (Fsp3) is 0.231. The first-order valence-electron chi connectivity index (χ1n) is 5.79. The summed E-state index contributed by atoms with van der Waals surface area (Å²) in [5.74, 6) is 0.988. The lowest BCUT2D eigenvalue weighted by molar-refractivity contribution is 0.317. The third kappa shape index (κ3) is 2.22. The number of ether oxygens (including phenoxy) is 1. The second-order valence-electron chi connectivity index (χ2n) is 4.35. The molecule has 0 N–H and O–H groups in total. The van der Waals surface area contributed by atoms with Crippen molar-refractivity contribution in [3.05, 3.63) is 56.7 Å². The Kier molecular flexibility index (Phi) is 3.21. The van der Waals surface area contributed by atoms with Crippen molar-refractivity contribution in [2.45, 2.75) is 12.5 Å². The van der Waals surface area contributed by atoms with Gasteiger partial charge in [0.2, 0.25) is 0 Å².